The van der Waals surface area contributed by atoms with Crippen LogP contribution in [0.1, 0.15) is 17.3 Å². The van der Waals surface area contributed by atoms with Crippen molar-refractivity contribution < 1.29 is 14.3 Å². The monoisotopic (exact) mass is 249 g/mol. The quantitative estimate of drug-likeness (QED) is 0.873. The highest BCUT2D eigenvalue weighted by atomic mass is 19.1. The highest BCUT2D eigenvalue weighted by molar-refractivity contribution is 5.95. The van der Waals surface area contributed by atoms with Crippen molar-refractivity contribution in [2.45, 2.75) is 13.5 Å². The molecule has 18 heavy (non-hydrogen) atoms. The third-order valence-corrected chi connectivity index (χ3v) is 2.45. The summed E-state index contributed by atoms with van der Waals surface area (Å²) in [5.41, 5.74) is 0.879. The lowest BCUT2D eigenvalue weighted by Gasteiger charge is -2.07. The van der Waals surface area contributed by atoms with Gasteiger partial charge in [0.1, 0.15) is 5.82 Å². The fourth-order valence-corrected chi connectivity index (χ4v) is 1.56. The lowest BCUT2D eigenvalue weighted by Crippen LogP contribution is -2.03. The van der Waals surface area contributed by atoms with Crippen LogP contribution in [0.15, 0.2) is 30.6 Å². The van der Waals surface area contributed by atoms with Gasteiger partial charge in [0.25, 0.3) is 0 Å². The number of halogens is 1. The maximum Gasteiger partial charge on any atom is 0.337 e. The molecule has 2 rings (SSSR count). The molecule has 0 amide bonds. The second kappa shape index (κ2) is 4.87. The Morgan fingerprint density at radius 3 is 2.94 bits per heavy atom. The molecule has 6 heteroatoms. The van der Waals surface area contributed by atoms with Crippen molar-refractivity contribution in [3.63, 3.8) is 0 Å². The van der Waals surface area contributed by atoms with Crippen LogP contribution < -0.4 is 5.32 Å². The van der Waals surface area contributed by atoms with Crippen molar-refractivity contribution in [3.05, 3.63) is 42.0 Å². The van der Waals surface area contributed by atoms with E-state index in [0.29, 0.717) is 11.4 Å². The molecule has 2 aromatic rings. The number of hydrogen-bond donors (Lipinski definition) is 2. The van der Waals surface area contributed by atoms with E-state index in [4.69, 9.17) is 5.11 Å². The number of nitrogens with one attached hydrogen (secondary N) is 1. The molecule has 5 nitrogen and oxygen atoms in total. The van der Waals surface area contributed by atoms with Gasteiger partial charge < -0.3 is 10.4 Å². The number of nitrogens with zero attached hydrogens (tertiary/aromatic N) is 2. The number of carboxylic acids is 1. The average molecular weight is 249 g/mol. The number of anilines is 2. The first-order chi connectivity index (χ1) is 8.60. The van der Waals surface area contributed by atoms with Crippen molar-refractivity contribution in [2.24, 2.45) is 0 Å². The minimum Gasteiger partial charge on any atom is -0.478 e. The SMILES string of the molecule is CCn1cc(Nc2ccc(F)cc2C(=O)O)cn1. The van der Waals surface area contributed by atoms with Gasteiger partial charge in [0.2, 0.25) is 0 Å². The summed E-state index contributed by atoms with van der Waals surface area (Å²) in [6.45, 7) is 2.66. The predicted octanol–water partition coefficient (Wildman–Crippen LogP) is 2.48. The minimum atomic E-state index is -1.18. The lowest BCUT2D eigenvalue weighted by atomic mass is 10.1. The highest BCUT2D eigenvalue weighted by Crippen LogP contribution is 2.21. The topological polar surface area (TPSA) is 67.2 Å². The second-order valence-electron chi connectivity index (χ2n) is 3.70. The average Bonchev–Trinajstić information content (AvgIpc) is 2.79. The summed E-state index contributed by atoms with van der Waals surface area (Å²) in [6, 6.07) is 3.58. The molecule has 0 aliphatic heterocycles. The van der Waals surface area contributed by atoms with E-state index in [2.05, 4.69) is 10.4 Å². The zero-order chi connectivity index (χ0) is 13.1. The van der Waals surface area contributed by atoms with Crippen LogP contribution in [0.2, 0.25) is 0 Å². The molecule has 0 radical (unpaired) electrons. The summed E-state index contributed by atoms with van der Waals surface area (Å²) in [7, 11) is 0. The van der Waals surface area contributed by atoms with Gasteiger partial charge in [-0.3, -0.25) is 4.68 Å². The second-order valence-corrected chi connectivity index (χ2v) is 3.70. The van der Waals surface area contributed by atoms with E-state index in [1.54, 1.807) is 17.1 Å². The van der Waals surface area contributed by atoms with Gasteiger partial charge in [-0.1, -0.05) is 0 Å². The molecule has 0 spiro atoms. The van der Waals surface area contributed by atoms with Gasteiger partial charge >= 0.3 is 5.97 Å². The van der Waals surface area contributed by atoms with Gasteiger partial charge in [-0.25, -0.2) is 9.18 Å². The fraction of sp³-hybridized carbons (Fsp3) is 0.167. The third kappa shape index (κ3) is 2.48. The molecule has 0 aliphatic carbocycles. The van der Waals surface area contributed by atoms with Crippen molar-refractivity contribution >= 4 is 17.3 Å². The third-order valence-electron chi connectivity index (χ3n) is 2.45. The van der Waals surface area contributed by atoms with Gasteiger partial charge in [0, 0.05) is 12.7 Å². The van der Waals surface area contributed by atoms with Crippen LogP contribution in [0, 0.1) is 5.82 Å². The molecule has 1 heterocycles. The number of aryl methyl sites for hydroxylation is 1. The van der Waals surface area contributed by atoms with Gasteiger partial charge in [0.15, 0.2) is 0 Å². The van der Waals surface area contributed by atoms with Crippen LogP contribution in [-0.2, 0) is 6.54 Å². The molecular weight excluding hydrogens is 237 g/mol. The van der Waals surface area contributed by atoms with E-state index in [0.717, 1.165) is 12.6 Å². The number of benzene rings is 1. The fourth-order valence-electron chi connectivity index (χ4n) is 1.56. The summed E-state index contributed by atoms with van der Waals surface area (Å²) >= 11 is 0. The molecule has 0 saturated carbocycles. The van der Waals surface area contributed by atoms with Gasteiger partial charge in [0.05, 0.1) is 23.1 Å². The molecule has 2 N–H and O–H groups in total. The van der Waals surface area contributed by atoms with Crippen molar-refractivity contribution in [1.82, 2.24) is 9.78 Å². The summed E-state index contributed by atoms with van der Waals surface area (Å²) in [5.74, 6) is -1.76. The van der Waals surface area contributed by atoms with E-state index >= 15 is 0 Å². The Labute approximate surface area is 103 Å². The zero-order valence-electron chi connectivity index (χ0n) is 9.72. The Balaban J connectivity index is 2.30. The van der Waals surface area contributed by atoms with Crippen LogP contribution in [0.4, 0.5) is 15.8 Å². The van der Waals surface area contributed by atoms with E-state index in [1.807, 2.05) is 6.92 Å². The van der Waals surface area contributed by atoms with E-state index < -0.39 is 11.8 Å². The molecule has 1 aromatic carbocycles. The number of aromatic nitrogens is 2. The Morgan fingerprint density at radius 2 is 2.33 bits per heavy atom. The number of carboxylic acid groups (broad SMARTS) is 1. The van der Waals surface area contributed by atoms with Crippen molar-refractivity contribution in [3.8, 4) is 0 Å². The van der Waals surface area contributed by atoms with Crippen molar-refractivity contribution in [2.75, 3.05) is 5.32 Å². The predicted molar refractivity (Wildman–Crippen MR) is 64.5 cm³/mol. The smallest absolute Gasteiger partial charge is 0.337 e. The standard InChI is InChI=1S/C12H12FN3O2/c1-2-16-7-9(6-14-16)15-11-4-3-8(13)5-10(11)12(17)18/h3-7,15H,2H2,1H3,(H,17,18). The number of rotatable bonds is 4. The molecule has 0 unspecified atom stereocenters. The molecule has 1 aromatic heterocycles. The molecule has 0 atom stereocenters. The maximum absolute atomic E-state index is 13.0. The molecule has 0 fully saturated rings. The number of hydrogen-bond acceptors (Lipinski definition) is 3. The van der Waals surface area contributed by atoms with Crippen LogP contribution in [0.5, 0.6) is 0 Å². The Hall–Kier alpha value is -2.37. The summed E-state index contributed by atoms with van der Waals surface area (Å²) in [5, 5.41) is 16.0. The minimum absolute atomic E-state index is 0.112. The first kappa shape index (κ1) is 12.1. The number of carbonyl (C=O) groups is 1. The Kier molecular flexibility index (Phi) is 3.27. The molecule has 0 bridgehead atoms. The molecule has 94 valence electrons. The highest BCUT2D eigenvalue weighted by Gasteiger charge is 2.11. The molecule has 0 aliphatic rings. The van der Waals surface area contributed by atoms with Crippen LogP contribution in [-0.4, -0.2) is 20.9 Å². The summed E-state index contributed by atoms with van der Waals surface area (Å²) in [4.78, 5) is 11.0. The van der Waals surface area contributed by atoms with Crippen molar-refractivity contribution in [1.29, 1.82) is 0 Å². The zero-order valence-corrected chi connectivity index (χ0v) is 9.72. The first-order valence-electron chi connectivity index (χ1n) is 5.42. The van der Waals surface area contributed by atoms with Crippen LogP contribution >= 0.6 is 0 Å². The largest absolute Gasteiger partial charge is 0.478 e. The van der Waals surface area contributed by atoms with Crippen LogP contribution in [0.25, 0.3) is 0 Å². The van der Waals surface area contributed by atoms with Crippen LogP contribution in [0.3, 0.4) is 0 Å². The summed E-state index contributed by atoms with van der Waals surface area (Å²) < 4.78 is 14.7. The Bertz CT molecular complexity index is 580. The Morgan fingerprint density at radius 1 is 1.56 bits per heavy atom. The van der Waals surface area contributed by atoms with Gasteiger partial charge in [-0.05, 0) is 25.1 Å². The normalized spacial score (nSPS) is 10.3. The van der Waals surface area contributed by atoms with E-state index in [-0.39, 0.29) is 5.56 Å². The number of aromatic carboxylic acids is 1. The van der Waals surface area contributed by atoms with Gasteiger partial charge in [-0.15, -0.1) is 0 Å². The maximum atomic E-state index is 13.0. The van der Waals surface area contributed by atoms with E-state index in [9.17, 15) is 9.18 Å². The molecular formula is C12H12FN3O2. The molecule has 0 saturated heterocycles. The first-order valence-corrected chi connectivity index (χ1v) is 5.42. The summed E-state index contributed by atoms with van der Waals surface area (Å²) in [6.07, 6.45) is 3.33. The van der Waals surface area contributed by atoms with E-state index in [1.165, 1.54) is 12.1 Å². The van der Waals surface area contributed by atoms with Gasteiger partial charge in [-0.2, -0.15) is 5.10 Å². The lowest BCUT2D eigenvalue weighted by molar-refractivity contribution is 0.0697.